The van der Waals surface area contributed by atoms with E-state index in [9.17, 15) is 22.4 Å². The van der Waals surface area contributed by atoms with Crippen LogP contribution in [-0.4, -0.2) is 18.3 Å². The van der Waals surface area contributed by atoms with Crippen LogP contribution in [0.3, 0.4) is 0 Å². The molecule has 0 spiro atoms. The molecule has 90 valence electrons. The summed E-state index contributed by atoms with van der Waals surface area (Å²) in [5, 5.41) is 3.44. The van der Waals surface area contributed by atoms with Crippen LogP contribution < -0.4 is 5.32 Å². The summed E-state index contributed by atoms with van der Waals surface area (Å²) in [6, 6.07) is 1.60. The Morgan fingerprint density at radius 2 is 2.19 bits per heavy atom. The molecule has 0 unspecified atom stereocenters. The molecule has 1 heterocycles. The van der Waals surface area contributed by atoms with Crippen molar-refractivity contribution in [2.75, 3.05) is 0 Å². The predicted molar refractivity (Wildman–Crippen MR) is 54.8 cm³/mol. The number of thiophene rings is 1. The molecule has 0 fully saturated rings. The lowest BCUT2D eigenvalue weighted by Crippen LogP contribution is -2.44. The molecule has 1 rings (SSSR count). The third-order valence-corrected chi connectivity index (χ3v) is 3.32. The number of hydrogen-bond acceptors (Lipinski definition) is 2. The maximum atomic E-state index is 12.5. The van der Waals surface area contributed by atoms with Crippen molar-refractivity contribution in [1.29, 1.82) is 0 Å². The second-order valence-corrected chi connectivity index (χ2v) is 4.75. The number of amides is 1. The van der Waals surface area contributed by atoms with Crippen LogP contribution in [0.25, 0.3) is 0 Å². The van der Waals surface area contributed by atoms with Crippen molar-refractivity contribution in [2.45, 2.75) is 18.9 Å². The van der Waals surface area contributed by atoms with Gasteiger partial charge in [0.15, 0.2) is 0 Å². The Hall–Kier alpha value is -0.630. The Kier molecular flexibility index (Phi) is 4.31. The number of hydrogen-bond donors (Lipinski definition) is 1. The van der Waals surface area contributed by atoms with E-state index in [1.165, 1.54) is 11.3 Å². The van der Waals surface area contributed by atoms with Crippen LogP contribution in [0, 0.1) is 0 Å². The molecule has 0 bridgehead atoms. The number of carbonyl (C=O) groups is 1. The van der Waals surface area contributed by atoms with E-state index in [2.05, 4.69) is 15.9 Å². The average molecular weight is 320 g/mol. The highest BCUT2D eigenvalue weighted by Gasteiger charge is 2.48. The molecule has 1 aromatic heterocycles. The van der Waals surface area contributed by atoms with Crippen LogP contribution in [0.4, 0.5) is 17.6 Å². The van der Waals surface area contributed by atoms with E-state index in [0.717, 1.165) is 4.47 Å². The average Bonchev–Trinajstić information content (AvgIpc) is 2.60. The van der Waals surface area contributed by atoms with Crippen molar-refractivity contribution in [2.24, 2.45) is 0 Å². The third kappa shape index (κ3) is 3.18. The van der Waals surface area contributed by atoms with Crippen molar-refractivity contribution in [3.63, 3.8) is 0 Å². The number of carbonyl (C=O) groups excluding carboxylic acids is 1. The number of halogens is 5. The molecule has 1 aromatic rings. The van der Waals surface area contributed by atoms with Crippen LogP contribution in [0.1, 0.15) is 4.88 Å². The SMILES string of the molecule is O=C(NCc1cc(Br)cs1)C(F)(F)C(F)F. The first kappa shape index (κ1) is 13.4. The van der Waals surface area contributed by atoms with E-state index < -0.39 is 18.3 Å². The molecule has 1 N–H and O–H groups in total. The molecule has 0 saturated carbocycles. The Morgan fingerprint density at radius 1 is 1.56 bits per heavy atom. The van der Waals surface area contributed by atoms with Gasteiger partial charge in [-0.15, -0.1) is 11.3 Å². The largest absolute Gasteiger partial charge is 0.383 e. The smallest absolute Gasteiger partial charge is 0.346 e. The zero-order chi connectivity index (χ0) is 12.3. The summed E-state index contributed by atoms with van der Waals surface area (Å²) in [5.41, 5.74) is 0. The number of rotatable bonds is 4. The highest BCUT2D eigenvalue weighted by atomic mass is 79.9. The lowest BCUT2D eigenvalue weighted by Gasteiger charge is -2.14. The van der Waals surface area contributed by atoms with E-state index in [4.69, 9.17) is 0 Å². The van der Waals surface area contributed by atoms with Gasteiger partial charge in [0.1, 0.15) is 0 Å². The van der Waals surface area contributed by atoms with Gasteiger partial charge in [-0.25, -0.2) is 8.78 Å². The first-order chi connectivity index (χ1) is 7.34. The van der Waals surface area contributed by atoms with Crippen LogP contribution in [0.2, 0.25) is 0 Å². The van der Waals surface area contributed by atoms with Gasteiger partial charge in [0.05, 0.1) is 6.54 Å². The van der Waals surface area contributed by atoms with Gasteiger partial charge in [-0.3, -0.25) is 4.79 Å². The molecule has 16 heavy (non-hydrogen) atoms. The molecular weight excluding hydrogens is 314 g/mol. The van der Waals surface area contributed by atoms with Crippen molar-refractivity contribution in [1.82, 2.24) is 5.32 Å². The summed E-state index contributed by atoms with van der Waals surface area (Å²) in [7, 11) is 0. The minimum Gasteiger partial charge on any atom is -0.346 e. The zero-order valence-corrected chi connectivity index (χ0v) is 10.0. The monoisotopic (exact) mass is 319 g/mol. The third-order valence-electron chi connectivity index (χ3n) is 1.62. The molecule has 0 saturated heterocycles. The van der Waals surface area contributed by atoms with Gasteiger partial charge in [-0.2, -0.15) is 8.78 Å². The van der Waals surface area contributed by atoms with Gasteiger partial charge in [0.25, 0.3) is 5.91 Å². The van der Waals surface area contributed by atoms with Gasteiger partial charge in [0.2, 0.25) is 0 Å². The molecule has 0 aromatic carbocycles. The van der Waals surface area contributed by atoms with Gasteiger partial charge in [-0.05, 0) is 22.0 Å². The summed E-state index contributed by atoms with van der Waals surface area (Å²) in [5.74, 6) is -6.61. The molecule has 1 amide bonds. The molecule has 0 radical (unpaired) electrons. The Labute approximate surface area is 101 Å². The fraction of sp³-hybridized carbons (Fsp3) is 0.375. The Bertz CT molecular complexity index is 382. The quantitative estimate of drug-likeness (QED) is 0.849. The van der Waals surface area contributed by atoms with Gasteiger partial charge < -0.3 is 5.32 Å². The first-order valence-corrected chi connectivity index (χ1v) is 5.68. The summed E-state index contributed by atoms with van der Waals surface area (Å²) in [4.78, 5) is 11.3. The maximum Gasteiger partial charge on any atom is 0.383 e. The summed E-state index contributed by atoms with van der Waals surface area (Å²) >= 11 is 4.35. The van der Waals surface area contributed by atoms with Gasteiger partial charge in [-0.1, -0.05) is 0 Å². The predicted octanol–water partition coefficient (Wildman–Crippen LogP) is 3.03. The van der Waals surface area contributed by atoms with Gasteiger partial charge >= 0.3 is 12.3 Å². The molecule has 0 aliphatic rings. The summed E-state index contributed by atoms with van der Waals surface area (Å²) < 4.78 is 49.3. The highest BCUT2D eigenvalue weighted by molar-refractivity contribution is 9.10. The lowest BCUT2D eigenvalue weighted by atomic mass is 10.3. The van der Waals surface area contributed by atoms with E-state index in [1.54, 1.807) is 16.8 Å². The molecule has 0 atom stereocenters. The maximum absolute atomic E-state index is 12.5. The van der Waals surface area contributed by atoms with Crippen molar-refractivity contribution >= 4 is 33.2 Å². The van der Waals surface area contributed by atoms with Crippen LogP contribution in [-0.2, 0) is 11.3 Å². The molecule has 0 aliphatic heterocycles. The second kappa shape index (κ2) is 5.13. The zero-order valence-electron chi connectivity index (χ0n) is 7.65. The minimum absolute atomic E-state index is 0.197. The summed E-state index contributed by atoms with van der Waals surface area (Å²) in [6.07, 6.45) is -4.00. The van der Waals surface area contributed by atoms with E-state index in [0.29, 0.717) is 4.88 Å². The minimum atomic E-state index is -4.64. The van der Waals surface area contributed by atoms with Crippen LogP contribution >= 0.6 is 27.3 Å². The van der Waals surface area contributed by atoms with Gasteiger partial charge in [0, 0.05) is 14.7 Å². The molecule has 8 heteroatoms. The highest BCUT2D eigenvalue weighted by Crippen LogP contribution is 2.24. The lowest BCUT2D eigenvalue weighted by molar-refractivity contribution is -0.169. The standard InChI is InChI=1S/C8H6BrF4NOS/c9-4-1-5(16-3-4)2-14-7(15)8(12,13)6(10)11/h1,3,6H,2H2,(H,14,15). The first-order valence-electron chi connectivity index (χ1n) is 4.01. The van der Waals surface area contributed by atoms with E-state index >= 15 is 0 Å². The van der Waals surface area contributed by atoms with Crippen molar-refractivity contribution < 1.29 is 22.4 Å². The van der Waals surface area contributed by atoms with E-state index in [-0.39, 0.29) is 6.54 Å². The van der Waals surface area contributed by atoms with Crippen LogP contribution in [0.5, 0.6) is 0 Å². The van der Waals surface area contributed by atoms with Crippen molar-refractivity contribution in [3.8, 4) is 0 Å². The Balaban J connectivity index is 2.53. The fourth-order valence-corrected chi connectivity index (χ4v) is 2.22. The molecule has 2 nitrogen and oxygen atoms in total. The second-order valence-electron chi connectivity index (χ2n) is 2.84. The normalized spacial score (nSPS) is 11.9. The van der Waals surface area contributed by atoms with Crippen LogP contribution in [0.15, 0.2) is 15.9 Å². The number of nitrogens with one attached hydrogen (secondary N) is 1. The van der Waals surface area contributed by atoms with E-state index in [1.807, 2.05) is 0 Å². The summed E-state index contributed by atoms with van der Waals surface area (Å²) in [6.45, 7) is -0.197. The number of alkyl halides is 4. The molecular formula is C8H6BrF4NOS. The molecule has 0 aliphatic carbocycles. The fourth-order valence-electron chi connectivity index (χ4n) is 0.831. The Morgan fingerprint density at radius 3 is 2.62 bits per heavy atom. The topological polar surface area (TPSA) is 29.1 Å². The van der Waals surface area contributed by atoms with Crippen molar-refractivity contribution in [3.05, 3.63) is 20.8 Å².